The second kappa shape index (κ2) is 4.75. The summed E-state index contributed by atoms with van der Waals surface area (Å²) in [5, 5.41) is 2.21. The van der Waals surface area contributed by atoms with E-state index in [9.17, 15) is 0 Å². The van der Waals surface area contributed by atoms with Gasteiger partial charge in [0.05, 0.1) is 5.52 Å². The first-order valence-corrected chi connectivity index (χ1v) is 8.65. The molecule has 2 nitrogen and oxygen atoms in total. The summed E-state index contributed by atoms with van der Waals surface area (Å²) in [6, 6.07) is 8.23. The second-order valence-electron chi connectivity index (χ2n) is 5.65. The van der Waals surface area contributed by atoms with Gasteiger partial charge in [-0.05, 0) is 25.3 Å². The number of halogens is 2. The zero-order valence-corrected chi connectivity index (χ0v) is 13.2. The Balaban J connectivity index is 1.65. The molecule has 2 saturated carbocycles. The minimum atomic E-state index is -0.505. The first-order chi connectivity index (χ1) is 9.63. The number of para-hydroxylation sites is 1. The SMILES string of the molecule is ClC1(Cl)CC1CSc1nc(C2CC2)nc2ccccc12. The van der Waals surface area contributed by atoms with E-state index < -0.39 is 4.33 Å². The van der Waals surface area contributed by atoms with Crippen molar-refractivity contribution in [1.29, 1.82) is 0 Å². The van der Waals surface area contributed by atoms with Crippen molar-refractivity contribution in [3.05, 3.63) is 30.1 Å². The third kappa shape index (κ3) is 2.51. The Morgan fingerprint density at radius 2 is 1.95 bits per heavy atom. The maximum absolute atomic E-state index is 6.10. The number of hydrogen-bond donors (Lipinski definition) is 0. The van der Waals surface area contributed by atoms with Crippen LogP contribution in [-0.2, 0) is 0 Å². The van der Waals surface area contributed by atoms with Crippen LogP contribution in [0.5, 0.6) is 0 Å². The Hall–Kier alpha value is -0.510. The molecule has 1 atom stereocenters. The molecule has 1 heterocycles. The monoisotopic (exact) mass is 324 g/mol. The van der Waals surface area contributed by atoms with Crippen LogP contribution in [0.3, 0.4) is 0 Å². The van der Waals surface area contributed by atoms with Crippen LogP contribution >= 0.6 is 35.0 Å². The van der Waals surface area contributed by atoms with Gasteiger partial charge in [0, 0.05) is 23.0 Å². The predicted octanol–water partition coefficient (Wildman–Crippen LogP) is 4.79. The number of hydrogen-bond acceptors (Lipinski definition) is 3. The van der Waals surface area contributed by atoms with Crippen LogP contribution in [-0.4, -0.2) is 20.1 Å². The van der Waals surface area contributed by atoms with E-state index in [2.05, 4.69) is 12.1 Å². The van der Waals surface area contributed by atoms with Gasteiger partial charge in [-0.1, -0.05) is 18.2 Å². The number of alkyl halides is 2. The van der Waals surface area contributed by atoms with Crippen molar-refractivity contribution in [2.45, 2.75) is 34.5 Å². The van der Waals surface area contributed by atoms with Gasteiger partial charge in [-0.2, -0.15) is 0 Å². The van der Waals surface area contributed by atoms with Crippen LogP contribution in [0, 0.1) is 5.92 Å². The molecule has 2 aromatic rings. The Labute approximate surface area is 132 Å². The van der Waals surface area contributed by atoms with E-state index in [0.717, 1.165) is 33.9 Å². The number of thioether (sulfide) groups is 1. The van der Waals surface area contributed by atoms with Crippen molar-refractivity contribution in [3.8, 4) is 0 Å². The summed E-state index contributed by atoms with van der Waals surface area (Å²) in [4.78, 5) is 9.47. The van der Waals surface area contributed by atoms with Crippen LogP contribution in [0.1, 0.15) is 31.0 Å². The summed E-state index contributed by atoms with van der Waals surface area (Å²) in [5.41, 5.74) is 1.05. The molecule has 0 radical (unpaired) electrons. The number of benzene rings is 1. The molecule has 0 aliphatic heterocycles. The van der Waals surface area contributed by atoms with Gasteiger partial charge < -0.3 is 0 Å². The van der Waals surface area contributed by atoms with Crippen molar-refractivity contribution in [2.75, 3.05) is 5.75 Å². The lowest BCUT2D eigenvalue weighted by Crippen LogP contribution is -1.98. The highest BCUT2D eigenvalue weighted by molar-refractivity contribution is 7.99. The van der Waals surface area contributed by atoms with Gasteiger partial charge in [-0.25, -0.2) is 9.97 Å². The molecule has 0 amide bonds. The minimum Gasteiger partial charge on any atom is -0.233 e. The van der Waals surface area contributed by atoms with Gasteiger partial charge in [0.25, 0.3) is 0 Å². The topological polar surface area (TPSA) is 25.8 Å². The highest BCUT2D eigenvalue weighted by Crippen LogP contribution is 2.55. The zero-order chi connectivity index (χ0) is 13.7. The first kappa shape index (κ1) is 13.2. The lowest BCUT2D eigenvalue weighted by atomic mass is 10.2. The molecule has 0 N–H and O–H groups in total. The van der Waals surface area contributed by atoms with Crippen molar-refractivity contribution in [3.63, 3.8) is 0 Å². The molecule has 20 heavy (non-hydrogen) atoms. The van der Waals surface area contributed by atoms with Crippen LogP contribution in [0.2, 0.25) is 0 Å². The number of rotatable bonds is 4. The smallest absolute Gasteiger partial charge is 0.133 e. The number of nitrogens with zero attached hydrogens (tertiary/aromatic N) is 2. The lowest BCUT2D eigenvalue weighted by Gasteiger charge is -2.08. The fourth-order valence-electron chi connectivity index (χ4n) is 2.33. The van der Waals surface area contributed by atoms with E-state index in [0.29, 0.717) is 11.8 Å². The Kier molecular flexibility index (Phi) is 3.13. The maximum Gasteiger partial charge on any atom is 0.133 e. The zero-order valence-electron chi connectivity index (χ0n) is 10.9. The lowest BCUT2D eigenvalue weighted by molar-refractivity contribution is 0.901. The number of aromatic nitrogens is 2. The molecule has 104 valence electrons. The third-order valence-electron chi connectivity index (χ3n) is 3.90. The summed E-state index contributed by atoms with van der Waals surface area (Å²) < 4.78 is -0.505. The maximum atomic E-state index is 6.10. The van der Waals surface area contributed by atoms with E-state index in [1.54, 1.807) is 11.8 Å². The molecule has 1 aromatic heterocycles. The fraction of sp³-hybridized carbons (Fsp3) is 0.467. The molecule has 1 aromatic carbocycles. The highest BCUT2D eigenvalue weighted by Gasteiger charge is 2.51. The molecule has 2 aliphatic carbocycles. The largest absolute Gasteiger partial charge is 0.233 e. The normalized spacial score (nSPS) is 24.0. The second-order valence-corrected chi connectivity index (χ2v) is 8.20. The molecule has 4 rings (SSSR count). The van der Waals surface area contributed by atoms with Crippen LogP contribution < -0.4 is 0 Å². The summed E-state index contributed by atoms with van der Waals surface area (Å²) in [6.07, 6.45) is 3.33. The van der Waals surface area contributed by atoms with Crippen LogP contribution in [0.15, 0.2) is 29.3 Å². The summed E-state index contributed by atoms with van der Waals surface area (Å²) in [6.45, 7) is 0. The Bertz CT molecular complexity index is 670. The van der Waals surface area contributed by atoms with Gasteiger partial charge in [0.15, 0.2) is 0 Å². The minimum absolute atomic E-state index is 0.383. The third-order valence-corrected chi connectivity index (χ3v) is 5.98. The molecule has 0 spiro atoms. The van der Waals surface area contributed by atoms with Crippen LogP contribution in [0.4, 0.5) is 0 Å². The van der Waals surface area contributed by atoms with E-state index >= 15 is 0 Å². The predicted molar refractivity (Wildman–Crippen MR) is 84.8 cm³/mol. The molecule has 1 unspecified atom stereocenters. The molecule has 0 saturated heterocycles. The first-order valence-electron chi connectivity index (χ1n) is 6.91. The fourth-order valence-corrected chi connectivity index (χ4v) is 4.29. The highest BCUT2D eigenvalue weighted by atomic mass is 35.5. The van der Waals surface area contributed by atoms with Crippen molar-refractivity contribution >= 4 is 45.9 Å². The van der Waals surface area contributed by atoms with E-state index in [-0.39, 0.29) is 0 Å². The van der Waals surface area contributed by atoms with E-state index in [4.69, 9.17) is 33.2 Å². The average molecular weight is 325 g/mol. The van der Waals surface area contributed by atoms with Crippen molar-refractivity contribution in [1.82, 2.24) is 9.97 Å². The van der Waals surface area contributed by atoms with Crippen molar-refractivity contribution < 1.29 is 0 Å². The molecular weight excluding hydrogens is 311 g/mol. The van der Waals surface area contributed by atoms with Gasteiger partial charge in [-0.15, -0.1) is 35.0 Å². The Morgan fingerprint density at radius 3 is 2.65 bits per heavy atom. The van der Waals surface area contributed by atoms with E-state index in [1.807, 2.05) is 12.1 Å². The van der Waals surface area contributed by atoms with Gasteiger partial charge in [0.2, 0.25) is 0 Å². The quantitative estimate of drug-likeness (QED) is 0.459. The average Bonchev–Trinajstić information content (AvgIpc) is 3.33. The van der Waals surface area contributed by atoms with Gasteiger partial charge >= 0.3 is 0 Å². The summed E-state index contributed by atoms with van der Waals surface area (Å²) in [5.74, 6) is 2.89. The molecule has 2 fully saturated rings. The molecule has 5 heteroatoms. The summed E-state index contributed by atoms with van der Waals surface area (Å²) in [7, 11) is 0. The standard InChI is InChI=1S/C15H14Cl2N2S/c16-15(17)7-10(15)8-20-14-11-3-1-2-4-12(11)18-13(19-14)9-5-6-9/h1-4,9-10H,5-8H2. The van der Waals surface area contributed by atoms with Gasteiger partial charge in [-0.3, -0.25) is 0 Å². The van der Waals surface area contributed by atoms with Gasteiger partial charge in [0.1, 0.15) is 15.2 Å². The summed E-state index contributed by atoms with van der Waals surface area (Å²) >= 11 is 14.0. The molecule has 0 bridgehead atoms. The van der Waals surface area contributed by atoms with E-state index in [1.165, 1.54) is 12.8 Å². The molecule has 2 aliphatic rings. The number of fused-ring (bicyclic) bond motifs is 1. The van der Waals surface area contributed by atoms with Crippen LogP contribution in [0.25, 0.3) is 10.9 Å². The molecular formula is C15H14Cl2N2S. The Morgan fingerprint density at radius 1 is 1.20 bits per heavy atom. The van der Waals surface area contributed by atoms with Crippen molar-refractivity contribution in [2.24, 2.45) is 5.92 Å².